The second-order valence-corrected chi connectivity index (χ2v) is 13.0. The molecule has 0 saturated carbocycles. The quantitative estimate of drug-likeness (QED) is 0.206. The number of fused-ring (bicyclic) bond motifs is 2. The molecule has 2 N–H and O–H groups in total. The summed E-state index contributed by atoms with van der Waals surface area (Å²) in [6, 6.07) is 11.1. The van der Waals surface area contributed by atoms with Gasteiger partial charge < -0.3 is 24.4 Å². The molecule has 0 amide bonds. The van der Waals surface area contributed by atoms with Gasteiger partial charge in [-0.2, -0.15) is 0 Å². The van der Waals surface area contributed by atoms with Crippen LogP contribution in [0.4, 0.5) is 11.6 Å². The minimum Gasteiger partial charge on any atom is -0.440 e. The lowest BCUT2D eigenvalue weighted by atomic mass is 9.74. The summed E-state index contributed by atoms with van der Waals surface area (Å²) in [6.45, 7) is 14.2. The molecule has 4 aromatic rings. The van der Waals surface area contributed by atoms with Gasteiger partial charge in [0.25, 0.3) is 0 Å². The number of pyridine rings is 1. The maximum atomic E-state index is 13.7. The molecule has 2 aromatic heterocycles. The number of piperidine rings is 1. The van der Waals surface area contributed by atoms with Crippen LogP contribution < -0.4 is 21.1 Å². The van der Waals surface area contributed by atoms with Crippen LogP contribution in [0, 0.1) is 26.2 Å². The molecule has 0 spiro atoms. The molecule has 4 heterocycles. The highest BCUT2D eigenvalue weighted by molar-refractivity contribution is 6.62. The van der Waals surface area contributed by atoms with Crippen LogP contribution in [-0.4, -0.2) is 36.4 Å². The van der Waals surface area contributed by atoms with Crippen molar-refractivity contribution in [3.05, 3.63) is 79.6 Å². The van der Waals surface area contributed by atoms with Crippen LogP contribution in [0.3, 0.4) is 0 Å². The van der Waals surface area contributed by atoms with Crippen LogP contribution in [0.15, 0.2) is 50.8 Å². The van der Waals surface area contributed by atoms with E-state index >= 15 is 0 Å². The number of aryl methyl sites for hydroxylation is 1. The van der Waals surface area contributed by atoms with Crippen LogP contribution in [0.5, 0.6) is 0 Å². The number of nitrogens with zero attached hydrogens (tertiary/aromatic N) is 3. The van der Waals surface area contributed by atoms with Crippen LogP contribution in [0.2, 0.25) is 5.15 Å². The lowest BCUT2D eigenvalue weighted by Crippen LogP contribution is -2.38. The van der Waals surface area contributed by atoms with E-state index in [-0.39, 0.29) is 16.9 Å². The smallest absolute Gasteiger partial charge is 0.440 e. The molecule has 10 heteroatoms. The van der Waals surface area contributed by atoms with Crippen LogP contribution in [0.1, 0.15) is 67.5 Å². The zero-order valence-electron chi connectivity index (χ0n) is 25.4. The van der Waals surface area contributed by atoms with E-state index in [0.29, 0.717) is 38.7 Å². The fourth-order valence-electron chi connectivity index (χ4n) is 6.15. The predicted molar refractivity (Wildman–Crippen MR) is 175 cm³/mol. The van der Waals surface area contributed by atoms with Gasteiger partial charge in [0.15, 0.2) is 5.43 Å². The van der Waals surface area contributed by atoms with E-state index in [1.807, 2.05) is 45.0 Å². The number of nitrogens with one attached hydrogen (secondary N) is 1. The molecule has 222 valence electrons. The van der Waals surface area contributed by atoms with Crippen molar-refractivity contribution in [2.45, 2.75) is 60.4 Å². The van der Waals surface area contributed by atoms with E-state index in [1.165, 1.54) is 0 Å². The number of hydrogen-bond acceptors (Lipinski definition) is 8. The average molecular weight is 599 g/mol. The standard InChI is InChI=1S/C33H36BClN4O4/c1-18-15-23(31-24(16-18)30(40)20(3)32(42-31)39-13-11-33(5,6)12-14-39)21(4)37-27-9-10-28(35)38-29(27)22-7-8-26-25(19(22)2)17-36-43-34(26)41/h7-10,15-17,21,37,41H,11-14H2,1-6H3/t21-/m1/s1. The highest BCUT2D eigenvalue weighted by Gasteiger charge is 2.30. The lowest BCUT2D eigenvalue weighted by Gasteiger charge is -2.37. The largest absolute Gasteiger partial charge is 0.583 e. The molecule has 0 aliphatic carbocycles. The molecule has 1 saturated heterocycles. The van der Waals surface area contributed by atoms with Gasteiger partial charge in [0, 0.05) is 35.2 Å². The number of rotatable bonds is 5. The van der Waals surface area contributed by atoms with Crippen LogP contribution in [-0.2, 0) is 4.76 Å². The first-order valence-corrected chi connectivity index (χ1v) is 15.1. The number of anilines is 2. The highest BCUT2D eigenvalue weighted by Crippen LogP contribution is 2.37. The van der Waals surface area contributed by atoms with E-state index in [4.69, 9.17) is 25.8 Å². The lowest BCUT2D eigenvalue weighted by molar-refractivity contribution is 0.274. The Balaban J connectivity index is 1.42. The number of aromatic nitrogens is 1. The molecule has 1 atom stereocenters. The van der Waals surface area contributed by atoms with Crippen LogP contribution >= 0.6 is 11.6 Å². The summed E-state index contributed by atoms with van der Waals surface area (Å²) >= 11 is 6.40. The van der Waals surface area contributed by atoms with Crippen molar-refractivity contribution in [1.82, 2.24) is 4.98 Å². The molecule has 0 radical (unpaired) electrons. The highest BCUT2D eigenvalue weighted by atomic mass is 35.5. The third kappa shape index (κ3) is 5.40. The SMILES string of the molecule is Cc1cc([C@@H](C)Nc2ccc(Cl)nc2-c2ccc3c(c2C)C=NOB3O)c2oc(N3CCC(C)(C)CC3)c(C)c(=O)c2c1. The number of hydrogen-bond donors (Lipinski definition) is 2. The third-order valence-corrected chi connectivity index (χ3v) is 9.09. The van der Waals surface area contributed by atoms with Gasteiger partial charge in [0.05, 0.1) is 34.6 Å². The molecule has 2 aliphatic heterocycles. The Morgan fingerprint density at radius 3 is 2.58 bits per heavy atom. The summed E-state index contributed by atoms with van der Waals surface area (Å²) in [5, 5.41) is 18.7. The molecule has 0 unspecified atom stereocenters. The first-order valence-electron chi connectivity index (χ1n) is 14.7. The Morgan fingerprint density at radius 1 is 1.09 bits per heavy atom. The Bertz CT molecular complexity index is 1830. The minimum atomic E-state index is -1.12. The number of halogens is 1. The molecule has 0 bridgehead atoms. The van der Waals surface area contributed by atoms with Gasteiger partial charge in [-0.05, 0) is 75.3 Å². The van der Waals surface area contributed by atoms with Crippen molar-refractivity contribution in [2.24, 2.45) is 10.6 Å². The first-order chi connectivity index (χ1) is 20.4. The predicted octanol–water partition coefficient (Wildman–Crippen LogP) is 6.28. The monoisotopic (exact) mass is 598 g/mol. The Kier molecular flexibility index (Phi) is 7.51. The number of oxime groups is 1. The summed E-state index contributed by atoms with van der Waals surface area (Å²) < 4.78 is 11.7. The molecule has 1 fully saturated rings. The third-order valence-electron chi connectivity index (χ3n) is 8.88. The molecule has 43 heavy (non-hydrogen) atoms. The van der Waals surface area contributed by atoms with Crippen molar-refractivity contribution in [2.75, 3.05) is 23.3 Å². The van der Waals surface area contributed by atoms with Gasteiger partial charge in [-0.1, -0.05) is 43.6 Å². The molecule has 6 rings (SSSR count). The fourth-order valence-corrected chi connectivity index (χ4v) is 6.30. The minimum absolute atomic E-state index is 0.00426. The molecule has 2 aliphatic rings. The van der Waals surface area contributed by atoms with Gasteiger partial charge in [-0.25, -0.2) is 4.98 Å². The average Bonchev–Trinajstić information content (AvgIpc) is 2.97. The first kappa shape index (κ1) is 29.3. The van der Waals surface area contributed by atoms with Crippen molar-refractivity contribution in [3.8, 4) is 11.3 Å². The molecular formula is C33H36BClN4O4. The van der Waals surface area contributed by atoms with Gasteiger partial charge in [0.2, 0.25) is 5.88 Å². The van der Waals surface area contributed by atoms with Crippen molar-refractivity contribution < 1.29 is 14.2 Å². The summed E-state index contributed by atoms with van der Waals surface area (Å²) in [6.07, 6.45) is 3.68. The Labute approximate surface area is 256 Å². The van der Waals surface area contributed by atoms with E-state index in [0.717, 1.165) is 59.4 Å². The van der Waals surface area contributed by atoms with Crippen molar-refractivity contribution in [1.29, 1.82) is 0 Å². The summed E-state index contributed by atoms with van der Waals surface area (Å²) in [4.78, 5) is 20.6. The van der Waals surface area contributed by atoms with Crippen molar-refractivity contribution in [3.63, 3.8) is 0 Å². The summed E-state index contributed by atoms with van der Waals surface area (Å²) in [5.74, 6) is 0.664. The zero-order valence-corrected chi connectivity index (χ0v) is 26.2. The van der Waals surface area contributed by atoms with E-state index in [2.05, 4.69) is 42.2 Å². The number of benzene rings is 2. The summed E-state index contributed by atoms with van der Waals surface area (Å²) in [5.41, 5.74) is 8.01. The second kappa shape index (κ2) is 11.0. The molecule has 8 nitrogen and oxygen atoms in total. The van der Waals surface area contributed by atoms with Crippen molar-refractivity contribution >= 4 is 52.9 Å². The normalized spacial score (nSPS) is 16.7. The Morgan fingerprint density at radius 2 is 1.84 bits per heavy atom. The maximum absolute atomic E-state index is 13.7. The zero-order chi connectivity index (χ0) is 30.6. The topological polar surface area (TPSA) is 100 Å². The van der Waals surface area contributed by atoms with Gasteiger partial charge >= 0.3 is 7.12 Å². The maximum Gasteiger partial charge on any atom is 0.583 e. The Hall–Kier alpha value is -3.82. The van der Waals surface area contributed by atoms with Gasteiger partial charge in [-0.3, -0.25) is 4.79 Å². The summed E-state index contributed by atoms with van der Waals surface area (Å²) in [7, 11) is -1.12. The van der Waals surface area contributed by atoms with E-state index < -0.39 is 7.12 Å². The van der Waals surface area contributed by atoms with Gasteiger partial charge in [-0.15, -0.1) is 5.16 Å². The second-order valence-electron chi connectivity index (χ2n) is 12.6. The molecule has 2 aromatic carbocycles. The van der Waals surface area contributed by atoms with Gasteiger partial charge in [0.1, 0.15) is 10.7 Å². The fraction of sp³-hybridized carbons (Fsp3) is 0.364. The van der Waals surface area contributed by atoms with E-state index in [1.54, 1.807) is 12.3 Å². The van der Waals surface area contributed by atoms with E-state index in [9.17, 15) is 9.82 Å². The van der Waals surface area contributed by atoms with Crippen LogP contribution in [0.25, 0.3) is 22.2 Å². The molecular weight excluding hydrogens is 563 g/mol.